The zero-order chi connectivity index (χ0) is 23.7. The van der Waals surface area contributed by atoms with E-state index in [2.05, 4.69) is 43.2 Å². The normalized spacial score (nSPS) is 14.9. The zero-order valence-corrected chi connectivity index (χ0v) is 20.8. The molecule has 0 radical (unpaired) electrons. The molecule has 2 aromatic heterocycles. The Balaban J connectivity index is 1.61. The van der Waals surface area contributed by atoms with Gasteiger partial charge in [-0.1, -0.05) is 35.9 Å². The summed E-state index contributed by atoms with van der Waals surface area (Å²) < 4.78 is 5.10. The van der Waals surface area contributed by atoms with E-state index in [1.807, 2.05) is 48.5 Å². The van der Waals surface area contributed by atoms with Crippen LogP contribution >= 0.6 is 34.2 Å². The van der Waals surface area contributed by atoms with Crippen LogP contribution in [0.2, 0.25) is 5.02 Å². The van der Waals surface area contributed by atoms with Crippen LogP contribution in [-0.2, 0) is 0 Å². The SMILES string of the molecule is COc1cccc(C2=Nc3c(-c4ccc(Cl)cc4)n[nH]c3C(I)N2NC(=O)c2ccncc2)c1. The number of aliphatic imine (C=N–C) groups is 1. The molecule has 0 saturated heterocycles. The van der Waals surface area contributed by atoms with E-state index in [1.54, 1.807) is 36.6 Å². The molecule has 4 aromatic rings. The van der Waals surface area contributed by atoms with Gasteiger partial charge in [0, 0.05) is 34.1 Å². The Kier molecular flexibility index (Phi) is 6.20. The largest absolute Gasteiger partial charge is 0.497 e. The first-order valence-electron chi connectivity index (χ1n) is 10.3. The van der Waals surface area contributed by atoms with Crippen molar-refractivity contribution < 1.29 is 9.53 Å². The van der Waals surface area contributed by atoms with Crippen molar-refractivity contribution in [3.63, 3.8) is 0 Å². The van der Waals surface area contributed by atoms with Gasteiger partial charge in [0.25, 0.3) is 5.91 Å². The number of alkyl halides is 1. The van der Waals surface area contributed by atoms with Crippen LogP contribution in [0.5, 0.6) is 5.75 Å². The third-order valence-corrected chi connectivity index (χ3v) is 6.72. The van der Waals surface area contributed by atoms with Crippen LogP contribution in [0.1, 0.15) is 25.7 Å². The molecule has 1 amide bonds. The molecule has 5 rings (SSSR count). The first kappa shape index (κ1) is 22.4. The Morgan fingerprint density at radius 2 is 1.88 bits per heavy atom. The van der Waals surface area contributed by atoms with Gasteiger partial charge in [0.05, 0.1) is 12.8 Å². The topological polar surface area (TPSA) is 95.5 Å². The molecule has 1 aliphatic heterocycles. The molecule has 8 nitrogen and oxygen atoms in total. The lowest BCUT2D eigenvalue weighted by molar-refractivity contribution is 0.0864. The van der Waals surface area contributed by atoms with Crippen molar-refractivity contribution in [1.82, 2.24) is 25.6 Å². The van der Waals surface area contributed by atoms with Gasteiger partial charge in [0.15, 0.2) is 5.84 Å². The summed E-state index contributed by atoms with van der Waals surface area (Å²) in [6.45, 7) is 0. The number of carbonyl (C=O) groups is 1. The number of pyridine rings is 1. The number of amidine groups is 1. The Hall–Kier alpha value is -3.44. The third-order valence-electron chi connectivity index (χ3n) is 5.29. The number of fused-ring (bicyclic) bond motifs is 1. The molecule has 0 saturated carbocycles. The molecule has 1 aliphatic rings. The van der Waals surface area contributed by atoms with Crippen molar-refractivity contribution in [2.45, 2.75) is 4.05 Å². The van der Waals surface area contributed by atoms with Crippen molar-refractivity contribution in [1.29, 1.82) is 0 Å². The van der Waals surface area contributed by atoms with Crippen LogP contribution in [0.4, 0.5) is 5.69 Å². The number of rotatable bonds is 5. The maximum Gasteiger partial charge on any atom is 0.269 e. The summed E-state index contributed by atoms with van der Waals surface area (Å²) >= 11 is 8.33. The Bertz CT molecular complexity index is 1370. The molecule has 10 heteroatoms. The van der Waals surface area contributed by atoms with E-state index in [-0.39, 0.29) is 9.96 Å². The van der Waals surface area contributed by atoms with Gasteiger partial charge < -0.3 is 4.74 Å². The number of carbonyl (C=O) groups excluding carboxylic acids is 1. The molecule has 2 N–H and O–H groups in total. The molecule has 0 spiro atoms. The number of benzene rings is 2. The molecule has 1 unspecified atom stereocenters. The minimum absolute atomic E-state index is 0.277. The number of ether oxygens (including phenoxy) is 1. The van der Waals surface area contributed by atoms with Crippen molar-refractivity contribution in [2.75, 3.05) is 7.11 Å². The number of aromatic amines is 1. The van der Waals surface area contributed by atoms with Crippen LogP contribution in [0.3, 0.4) is 0 Å². The average molecular weight is 585 g/mol. The van der Waals surface area contributed by atoms with Crippen LogP contribution in [0.25, 0.3) is 11.3 Å². The summed E-state index contributed by atoms with van der Waals surface area (Å²) in [7, 11) is 1.61. The molecule has 2 aromatic carbocycles. The summed E-state index contributed by atoms with van der Waals surface area (Å²) in [5, 5.41) is 10.0. The smallest absolute Gasteiger partial charge is 0.269 e. The molecular weight excluding hydrogens is 567 g/mol. The van der Waals surface area contributed by atoms with E-state index in [4.69, 9.17) is 21.3 Å². The lowest BCUT2D eigenvalue weighted by Crippen LogP contribution is -2.48. The van der Waals surface area contributed by atoms with Crippen molar-refractivity contribution in [3.8, 4) is 17.0 Å². The fraction of sp³-hybridized carbons (Fsp3) is 0.0833. The number of H-pyrrole nitrogens is 1. The van der Waals surface area contributed by atoms with Gasteiger partial charge in [-0.3, -0.25) is 20.3 Å². The predicted molar refractivity (Wildman–Crippen MR) is 139 cm³/mol. The number of nitrogens with one attached hydrogen (secondary N) is 2. The summed E-state index contributed by atoms with van der Waals surface area (Å²) in [5.41, 5.74) is 7.32. The zero-order valence-electron chi connectivity index (χ0n) is 17.9. The van der Waals surface area contributed by atoms with E-state index >= 15 is 0 Å². The second-order valence-corrected chi connectivity index (χ2v) is 9.01. The monoisotopic (exact) mass is 584 g/mol. The first-order valence-corrected chi connectivity index (χ1v) is 11.9. The second kappa shape index (κ2) is 9.43. The van der Waals surface area contributed by atoms with Crippen molar-refractivity contribution in [3.05, 3.63) is 94.9 Å². The van der Waals surface area contributed by atoms with Crippen LogP contribution in [0, 0.1) is 0 Å². The predicted octanol–water partition coefficient (Wildman–Crippen LogP) is 5.31. The number of hydrazine groups is 1. The lowest BCUT2D eigenvalue weighted by atomic mass is 10.1. The number of hydrogen-bond acceptors (Lipinski definition) is 6. The standard InChI is InChI=1S/C24H18ClIN6O2/c1-34-18-4-2-3-16(13-18)23-28-20-19(14-5-7-17(25)8-6-14)29-30-21(20)22(26)32(23)31-24(33)15-9-11-27-12-10-15/h2-13,22H,1H3,(H,29,30)(H,31,33). The molecular formula is C24H18ClIN6O2. The number of aromatic nitrogens is 3. The molecule has 0 aliphatic carbocycles. The van der Waals surface area contributed by atoms with E-state index in [0.29, 0.717) is 33.6 Å². The summed E-state index contributed by atoms with van der Waals surface area (Å²) in [4.78, 5) is 22.0. The Labute approximate surface area is 214 Å². The number of methoxy groups -OCH3 is 1. The Morgan fingerprint density at radius 1 is 1.12 bits per heavy atom. The average Bonchev–Trinajstić information content (AvgIpc) is 3.31. The van der Waals surface area contributed by atoms with E-state index in [0.717, 1.165) is 16.8 Å². The van der Waals surface area contributed by atoms with Gasteiger partial charge in [0.2, 0.25) is 0 Å². The molecule has 170 valence electrons. The highest BCUT2D eigenvalue weighted by Crippen LogP contribution is 2.43. The quantitative estimate of drug-likeness (QED) is 0.188. The molecule has 3 heterocycles. The van der Waals surface area contributed by atoms with Gasteiger partial charge in [-0.25, -0.2) is 10.0 Å². The number of nitrogens with zero attached hydrogens (tertiary/aromatic N) is 4. The highest BCUT2D eigenvalue weighted by Gasteiger charge is 2.34. The molecule has 0 bridgehead atoms. The van der Waals surface area contributed by atoms with Gasteiger partial charge in [-0.2, -0.15) is 5.10 Å². The molecule has 0 fully saturated rings. The van der Waals surface area contributed by atoms with Crippen LogP contribution in [-0.4, -0.2) is 39.0 Å². The van der Waals surface area contributed by atoms with Gasteiger partial charge in [-0.15, -0.1) is 0 Å². The van der Waals surface area contributed by atoms with E-state index < -0.39 is 0 Å². The minimum Gasteiger partial charge on any atom is -0.497 e. The minimum atomic E-state index is -0.314. The second-order valence-electron chi connectivity index (χ2n) is 7.39. The molecule has 34 heavy (non-hydrogen) atoms. The lowest BCUT2D eigenvalue weighted by Gasteiger charge is -2.33. The maximum atomic E-state index is 13.0. The highest BCUT2D eigenvalue weighted by atomic mass is 127. The highest BCUT2D eigenvalue weighted by molar-refractivity contribution is 14.1. The van der Waals surface area contributed by atoms with Gasteiger partial charge in [-0.05, 0) is 59.0 Å². The summed E-state index contributed by atoms with van der Waals surface area (Å²) in [5.74, 6) is 0.965. The molecule has 1 atom stereocenters. The first-order chi connectivity index (χ1) is 16.5. The number of hydrogen-bond donors (Lipinski definition) is 2. The fourth-order valence-electron chi connectivity index (χ4n) is 3.59. The van der Waals surface area contributed by atoms with Crippen molar-refractivity contribution in [2.24, 2.45) is 4.99 Å². The number of halogens is 2. The van der Waals surface area contributed by atoms with Gasteiger partial charge >= 0.3 is 0 Å². The van der Waals surface area contributed by atoms with Crippen molar-refractivity contribution >= 4 is 51.6 Å². The maximum absolute atomic E-state index is 13.0. The number of amides is 1. The van der Waals surface area contributed by atoms with Crippen LogP contribution < -0.4 is 10.2 Å². The third kappa shape index (κ3) is 4.24. The van der Waals surface area contributed by atoms with E-state index in [9.17, 15) is 4.79 Å². The fourth-order valence-corrected chi connectivity index (χ4v) is 4.55. The Morgan fingerprint density at radius 3 is 2.62 bits per heavy atom. The summed E-state index contributed by atoms with van der Waals surface area (Å²) in [6.07, 6.45) is 3.16. The van der Waals surface area contributed by atoms with Gasteiger partial charge in [0.1, 0.15) is 21.2 Å². The van der Waals surface area contributed by atoms with Crippen LogP contribution in [0.15, 0.2) is 78.0 Å². The van der Waals surface area contributed by atoms with E-state index in [1.165, 1.54) is 0 Å². The summed E-state index contributed by atoms with van der Waals surface area (Å²) in [6, 6.07) is 18.3.